The Labute approximate surface area is 273 Å². The van der Waals surface area contributed by atoms with Crippen LogP contribution in [0, 0.1) is 0 Å². The molecule has 0 heterocycles. The third kappa shape index (κ3) is 8.85. The molecule has 0 spiro atoms. The van der Waals surface area contributed by atoms with Crippen molar-refractivity contribution in [1.82, 2.24) is 0 Å². The molecule has 9 heteroatoms. The molecule has 0 saturated carbocycles. The Morgan fingerprint density at radius 3 is 1.30 bits per heavy atom. The average Bonchev–Trinajstić information content (AvgIpc) is 3.01. The van der Waals surface area contributed by atoms with Gasteiger partial charge in [-0.05, 0) is 69.5 Å². The number of benzene rings is 4. The molecule has 9 nitrogen and oxygen atoms in total. The highest BCUT2D eigenvalue weighted by molar-refractivity contribution is 6.03. The minimum Gasteiger partial charge on any atom is -0.478 e. The van der Waals surface area contributed by atoms with Crippen LogP contribution in [0.25, 0.3) is 0 Å². The summed E-state index contributed by atoms with van der Waals surface area (Å²) in [5.41, 5.74) is 2.60. The molecule has 0 unspecified atom stereocenters. The maximum atomic E-state index is 13.0. The molecule has 0 aliphatic carbocycles. The predicted molar refractivity (Wildman–Crippen MR) is 175 cm³/mol. The lowest BCUT2D eigenvalue weighted by Crippen LogP contribution is -2.13. The molecule has 47 heavy (non-hydrogen) atoms. The van der Waals surface area contributed by atoms with Gasteiger partial charge in [-0.3, -0.25) is 0 Å². The van der Waals surface area contributed by atoms with Crippen LogP contribution in [-0.4, -0.2) is 34.1 Å². The molecular formula is C38H38O9. The van der Waals surface area contributed by atoms with E-state index in [9.17, 15) is 29.4 Å². The highest BCUT2D eigenvalue weighted by Crippen LogP contribution is 2.28. The molecule has 4 aromatic carbocycles. The maximum Gasteiger partial charge on any atom is 0.339 e. The summed E-state index contributed by atoms with van der Waals surface area (Å²) < 4.78 is 16.6. The van der Waals surface area contributed by atoms with Gasteiger partial charge in [0.15, 0.2) is 0 Å². The lowest BCUT2D eigenvalue weighted by molar-refractivity contribution is 0.0457. The Kier molecular flexibility index (Phi) is 10.2. The number of rotatable bonds is 10. The third-order valence-corrected chi connectivity index (χ3v) is 7.50. The number of carbonyl (C=O) groups excluding carboxylic acids is 2. The van der Waals surface area contributed by atoms with E-state index < -0.39 is 23.9 Å². The minimum absolute atomic E-state index is 0.0298. The van der Waals surface area contributed by atoms with Crippen molar-refractivity contribution < 1.29 is 43.6 Å². The summed E-state index contributed by atoms with van der Waals surface area (Å²) >= 11 is 0. The first-order chi connectivity index (χ1) is 22.0. The fraction of sp³-hybridized carbons (Fsp3) is 0.263. The largest absolute Gasteiger partial charge is 0.478 e. The predicted octanol–water partition coefficient (Wildman–Crippen LogP) is 8.18. The monoisotopic (exact) mass is 638 g/mol. The van der Waals surface area contributed by atoms with E-state index in [1.165, 1.54) is 30.3 Å². The van der Waals surface area contributed by atoms with Crippen LogP contribution in [-0.2, 0) is 33.5 Å². The summed E-state index contributed by atoms with van der Waals surface area (Å²) in [5.74, 6) is -4.31. The van der Waals surface area contributed by atoms with Crippen LogP contribution >= 0.6 is 0 Å². The lowest BCUT2D eigenvalue weighted by Gasteiger charge is -2.19. The third-order valence-electron chi connectivity index (χ3n) is 7.50. The molecule has 0 saturated heterocycles. The van der Waals surface area contributed by atoms with E-state index >= 15 is 0 Å². The fourth-order valence-electron chi connectivity index (χ4n) is 4.68. The second-order valence-corrected chi connectivity index (χ2v) is 13.2. The van der Waals surface area contributed by atoms with E-state index in [0.29, 0.717) is 0 Å². The molecule has 244 valence electrons. The normalized spacial score (nSPS) is 11.4. The van der Waals surface area contributed by atoms with E-state index in [1.807, 2.05) is 48.5 Å². The quantitative estimate of drug-likeness (QED) is 0.165. The molecule has 0 amide bonds. The highest BCUT2D eigenvalue weighted by Gasteiger charge is 2.22. The van der Waals surface area contributed by atoms with Crippen LogP contribution < -0.4 is 4.74 Å². The van der Waals surface area contributed by atoms with Gasteiger partial charge < -0.3 is 24.4 Å². The zero-order chi connectivity index (χ0) is 34.5. The van der Waals surface area contributed by atoms with Gasteiger partial charge in [0.05, 0.1) is 22.3 Å². The molecule has 0 bridgehead atoms. The second-order valence-electron chi connectivity index (χ2n) is 13.2. The van der Waals surface area contributed by atoms with Crippen LogP contribution in [0.2, 0.25) is 0 Å². The van der Waals surface area contributed by atoms with Gasteiger partial charge in [0.25, 0.3) is 0 Å². The van der Waals surface area contributed by atoms with Crippen molar-refractivity contribution in [2.45, 2.75) is 65.6 Å². The summed E-state index contributed by atoms with van der Waals surface area (Å²) in [6.07, 6.45) is 0. The first-order valence-electron chi connectivity index (χ1n) is 15.0. The molecule has 0 radical (unpaired) electrons. The Morgan fingerprint density at radius 2 is 0.894 bits per heavy atom. The van der Waals surface area contributed by atoms with Crippen molar-refractivity contribution >= 4 is 23.9 Å². The first kappa shape index (κ1) is 34.4. The number of aromatic carboxylic acids is 2. The number of ether oxygens (including phenoxy) is 3. The summed E-state index contributed by atoms with van der Waals surface area (Å²) in [6.45, 7) is 12.4. The van der Waals surface area contributed by atoms with Gasteiger partial charge in [0.2, 0.25) is 0 Å². The van der Waals surface area contributed by atoms with Crippen LogP contribution in [0.5, 0.6) is 11.5 Å². The minimum atomic E-state index is -1.38. The van der Waals surface area contributed by atoms with Crippen LogP contribution in [0.4, 0.5) is 0 Å². The SMILES string of the molecule is CC(C)(C)c1ccc(COC(=O)c2ccc(Oc3ccc(C(=O)O)c(C(=O)OCc4ccc(C(C)(C)C)cc4)c3)cc2C(=O)O)cc1. The Morgan fingerprint density at radius 1 is 0.511 bits per heavy atom. The van der Waals surface area contributed by atoms with Gasteiger partial charge in [-0.2, -0.15) is 0 Å². The zero-order valence-electron chi connectivity index (χ0n) is 27.2. The lowest BCUT2D eigenvalue weighted by atomic mass is 9.87. The molecule has 0 fully saturated rings. The van der Waals surface area contributed by atoms with Crippen LogP contribution in [0.15, 0.2) is 84.9 Å². The number of carboxylic acids is 2. The molecule has 0 aliphatic heterocycles. The molecule has 4 rings (SSSR count). The second kappa shape index (κ2) is 13.9. The highest BCUT2D eigenvalue weighted by atomic mass is 16.5. The van der Waals surface area contributed by atoms with Gasteiger partial charge >= 0.3 is 23.9 Å². The van der Waals surface area contributed by atoms with E-state index in [1.54, 1.807) is 0 Å². The van der Waals surface area contributed by atoms with Gasteiger partial charge in [0, 0.05) is 0 Å². The van der Waals surface area contributed by atoms with Gasteiger partial charge in [-0.1, -0.05) is 90.1 Å². The zero-order valence-corrected chi connectivity index (χ0v) is 27.2. The summed E-state index contributed by atoms with van der Waals surface area (Å²) in [4.78, 5) is 49.8. The Bertz CT molecular complexity index is 1790. The Hall–Kier alpha value is -5.44. The van der Waals surface area contributed by atoms with E-state index in [4.69, 9.17) is 14.2 Å². The number of hydrogen-bond acceptors (Lipinski definition) is 7. The van der Waals surface area contributed by atoms with Crippen LogP contribution in [0.1, 0.15) is 105 Å². The molecule has 0 atom stereocenters. The molecule has 2 N–H and O–H groups in total. The molecule has 4 aromatic rings. The van der Waals surface area contributed by atoms with Crippen LogP contribution in [0.3, 0.4) is 0 Å². The summed E-state index contributed by atoms with van der Waals surface area (Å²) in [5, 5.41) is 19.5. The van der Waals surface area contributed by atoms with E-state index in [0.717, 1.165) is 28.3 Å². The maximum absolute atomic E-state index is 13.0. The number of esters is 2. The molecular weight excluding hydrogens is 600 g/mol. The fourth-order valence-corrected chi connectivity index (χ4v) is 4.68. The number of hydrogen-bond donors (Lipinski definition) is 2. The van der Waals surface area contributed by atoms with Gasteiger partial charge in [0.1, 0.15) is 24.7 Å². The average molecular weight is 639 g/mol. The number of carbonyl (C=O) groups is 4. The topological polar surface area (TPSA) is 136 Å². The van der Waals surface area contributed by atoms with Crippen molar-refractivity contribution in [2.75, 3.05) is 0 Å². The first-order valence-corrected chi connectivity index (χ1v) is 15.0. The van der Waals surface area contributed by atoms with Crippen molar-refractivity contribution in [1.29, 1.82) is 0 Å². The van der Waals surface area contributed by atoms with Crippen molar-refractivity contribution in [3.8, 4) is 11.5 Å². The molecule has 0 aromatic heterocycles. The Balaban J connectivity index is 1.48. The van der Waals surface area contributed by atoms with E-state index in [-0.39, 0.29) is 57.8 Å². The van der Waals surface area contributed by atoms with Crippen molar-refractivity contribution in [3.05, 3.63) is 129 Å². The van der Waals surface area contributed by atoms with Gasteiger partial charge in [-0.15, -0.1) is 0 Å². The number of carboxylic acid groups (broad SMARTS) is 2. The molecule has 0 aliphatic rings. The summed E-state index contributed by atoms with van der Waals surface area (Å²) in [6, 6.07) is 22.7. The smallest absolute Gasteiger partial charge is 0.339 e. The van der Waals surface area contributed by atoms with E-state index in [2.05, 4.69) is 41.5 Å². The standard InChI is InChI=1S/C38H38O9/c1-37(2,3)25-11-7-23(8-12-25)21-45-35(43)30-18-16-27(19-31(30)34(41)42)47-28-15-17-29(33(39)40)32(20-28)36(44)46-22-24-9-13-26(14-10-24)38(4,5)6/h7-20H,21-22H2,1-6H3,(H,39,40)(H,41,42). The van der Waals surface area contributed by atoms with Crippen molar-refractivity contribution in [3.63, 3.8) is 0 Å². The van der Waals surface area contributed by atoms with Crippen molar-refractivity contribution in [2.24, 2.45) is 0 Å². The summed E-state index contributed by atoms with van der Waals surface area (Å²) in [7, 11) is 0. The van der Waals surface area contributed by atoms with Gasteiger partial charge in [-0.25, -0.2) is 19.2 Å².